The number of methoxy groups -OCH3 is 1. The molecule has 0 atom stereocenters. The van der Waals surface area contributed by atoms with Crippen LogP contribution in [0.1, 0.15) is 79.1 Å². The quantitative estimate of drug-likeness (QED) is 0.680. The van der Waals surface area contributed by atoms with Crippen LogP contribution in [0.2, 0.25) is 0 Å². The van der Waals surface area contributed by atoms with E-state index < -0.39 is 11.6 Å². The van der Waals surface area contributed by atoms with E-state index in [4.69, 9.17) is 9.47 Å². The summed E-state index contributed by atoms with van der Waals surface area (Å²) in [7, 11) is 1.34. The Hall–Kier alpha value is -2.64. The molecule has 0 saturated carbocycles. The van der Waals surface area contributed by atoms with Gasteiger partial charge in [0.2, 0.25) is 0 Å². The topological polar surface area (TPSA) is 89.0 Å². The first-order valence-corrected chi connectivity index (χ1v) is 11.0. The summed E-state index contributed by atoms with van der Waals surface area (Å²) in [5.41, 5.74) is 1.78. The lowest BCUT2D eigenvalue weighted by Crippen LogP contribution is -2.51. The molecule has 0 spiro atoms. The molecule has 0 N–H and O–H groups in total. The van der Waals surface area contributed by atoms with E-state index in [-0.39, 0.29) is 18.0 Å². The van der Waals surface area contributed by atoms with Gasteiger partial charge in [-0.25, -0.2) is 9.59 Å². The van der Waals surface area contributed by atoms with Crippen LogP contribution in [0.15, 0.2) is 6.07 Å². The van der Waals surface area contributed by atoms with Gasteiger partial charge in [-0.05, 0) is 46.1 Å². The van der Waals surface area contributed by atoms with Crippen LogP contribution >= 0.6 is 0 Å². The molecule has 1 aromatic rings. The molecule has 170 valence electrons. The lowest BCUT2D eigenvalue weighted by atomic mass is 9.95. The van der Waals surface area contributed by atoms with Gasteiger partial charge in [0.1, 0.15) is 5.60 Å². The van der Waals surface area contributed by atoms with Crippen LogP contribution in [0, 0.1) is 0 Å². The van der Waals surface area contributed by atoms with Crippen LogP contribution in [0.25, 0.3) is 0 Å². The van der Waals surface area contributed by atoms with Crippen LogP contribution in [-0.4, -0.2) is 71.1 Å². The Morgan fingerprint density at radius 3 is 2.45 bits per heavy atom. The maximum absolute atomic E-state index is 13.3. The van der Waals surface area contributed by atoms with Crippen molar-refractivity contribution in [3.63, 3.8) is 0 Å². The van der Waals surface area contributed by atoms with E-state index in [2.05, 4.69) is 4.98 Å². The second-order valence-electron chi connectivity index (χ2n) is 9.17. The Labute approximate surface area is 183 Å². The Morgan fingerprint density at radius 2 is 1.87 bits per heavy atom. The van der Waals surface area contributed by atoms with Crippen LogP contribution in [0.5, 0.6) is 0 Å². The zero-order valence-electron chi connectivity index (χ0n) is 19.2. The highest BCUT2D eigenvalue weighted by Gasteiger charge is 2.35. The lowest BCUT2D eigenvalue weighted by molar-refractivity contribution is 0.0144. The number of aryl methyl sites for hydroxylation is 1. The van der Waals surface area contributed by atoms with E-state index in [1.807, 2.05) is 32.6 Å². The molecule has 2 aliphatic heterocycles. The number of amides is 2. The highest BCUT2D eigenvalue weighted by Crippen LogP contribution is 2.27. The normalized spacial score (nSPS) is 17.4. The first-order valence-electron chi connectivity index (χ1n) is 11.0. The van der Waals surface area contributed by atoms with E-state index in [1.54, 1.807) is 11.0 Å². The van der Waals surface area contributed by atoms with Crippen molar-refractivity contribution in [2.45, 2.75) is 71.4 Å². The summed E-state index contributed by atoms with van der Waals surface area (Å²) in [6.45, 7) is 9.28. The number of rotatable bonds is 4. The molecule has 8 heteroatoms. The van der Waals surface area contributed by atoms with Crippen LogP contribution in [0.3, 0.4) is 0 Å². The van der Waals surface area contributed by atoms with Crippen LogP contribution in [0.4, 0.5) is 4.79 Å². The number of likely N-dealkylation sites (tertiary alicyclic amines) is 1. The van der Waals surface area contributed by atoms with Gasteiger partial charge in [0.05, 0.1) is 29.6 Å². The molecule has 0 unspecified atom stereocenters. The Morgan fingerprint density at radius 1 is 1.19 bits per heavy atom. The second kappa shape index (κ2) is 9.24. The van der Waals surface area contributed by atoms with Gasteiger partial charge in [0.15, 0.2) is 0 Å². The molecule has 2 amide bonds. The van der Waals surface area contributed by atoms with Gasteiger partial charge in [-0.2, -0.15) is 0 Å². The van der Waals surface area contributed by atoms with Crippen molar-refractivity contribution in [3.05, 3.63) is 28.6 Å². The largest absolute Gasteiger partial charge is 0.465 e. The number of hydrogen-bond donors (Lipinski definition) is 0. The predicted molar refractivity (Wildman–Crippen MR) is 115 cm³/mol. The third-order valence-corrected chi connectivity index (χ3v) is 5.71. The third-order valence-electron chi connectivity index (χ3n) is 5.71. The molecule has 0 aromatic carbocycles. The van der Waals surface area contributed by atoms with Gasteiger partial charge in [-0.15, -0.1) is 0 Å². The van der Waals surface area contributed by atoms with E-state index in [0.717, 1.165) is 12.1 Å². The van der Waals surface area contributed by atoms with Gasteiger partial charge in [0, 0.05) is 32.1 Å². The number of esters is 1. The number of carbonyl (C=O) groups excluding carboxylic acids is 3. The summed E-state index contributed by atoms with van der Waals surface area (Å²) in [5, 5.41) is 0. The van der Waals surface area contributed by atoms with Gasteiger partial charge in [0.25, 0.3) is 5.91 Å². The average molecular weight is 432 g/mol. The minimum Gasteiger partial charge on any atom is -0.465 e. The molecule has 1 aromatic heterocycles. The lowest BCUT2D eigenvalue weighted by Gasteiger charge is -2.40. The van der Waals surface area contributed by atoms with Crippen molar-refractivity contribution >= 4 is 18.0 Å². The van der Waals surface area contributed by atoms with Crippen molar-refractivity contribution < 1.29 is 23.9 Å². The molecule has 2 aliphatic rings. The van der Waals surface area contributed by atoms with Crippen molar-refractivity contribution in [3.8, 4) is 0 Å². The highest BCUT2D eigenvalue weighted by atomic mass is 16.6. The molecule has 1 saturated heterocycles. The van der Waals surface area contributed by atoms with E-state index >= 15 is 0 Å². The molecule has 8 nitrogen and oxygen atoms in total. The zero-order valence-corrected chi connectivity index (χ0v) is 19.2. The van der Waals surface area contributed by atoms with Crippen molar-refractivity contribution in [2.24, 2.45) is 0 Å². The Bertz CT molecular complexity index is 854. The number of fused-ring (bicyclic) bond motifs is 1. The van der Waals surface area contributed by atoms with Crippen molar-refractivity contribution in [2.75, 3.05) is 26.7 Å². The number of piperidine rings is 1. The van der Waals surface area contributed by atoms with Gasteiger partial charge >= 0.3 is 12.1 Å². The summed E-state index contributed by atoms with van der Waals surface area (Å²) >= 11 is 0. The summed E-state index contributed by atoms with van der Waals surface area (Å²) < 4.78 is 10.4. The predicted octanol–water partition coefficient (Wildman–Crippen LogP) is 3.22. The summed E-state index contributed by atoms with van der Waals surface area (Å²) in [6, 6.07) is 1.71. The monoisotopic (exact) mass is 431 g/mol. The van der Waals surface area contributed by atoms with Crippen molar-refractivity contribution in [1.29, 1.82) is 0 Å². The standard InChI is InChI=1S/C23H33N3O5/c1-6-7-18-17(21(28)30-5)14-16-19(24-18)10-13-26(20(16)27)15-8-11-25(12-9-15)22(29)31-23(2,3)4/h14-15H,6-13H2,1-5H3. The van der Waals surface area contributed by atoms with Gasteiger partial charge < -0.3 is 19.3 Å². The van der Waals surface area contributed by atoms with Gasteiger partial charge in [-0.3, -0.25) is 9.78 Å². The molecule has 3 rings (SSSR count). The number of ether oxygens (including phenoxy) is 2. The molecule has 0 bridgehead atoms. The molecular formula is C23H33N3O5. The second-order valence-corrected chi connectivity index (χ2v) is 9.17. The van der Waals surface area contributed by atoms with Crippen molar-refractivity contribution in [1.82, 2.24) is 14.8 Å². The van der Waals surface area contributed by atoms with E-state index in [9.17, 15) is 14.4 Å². The Balaban J connectivity index is 1.73. The maximum Gasteiger partial charge on any atom is 0.410 e. The third kappa shape index (κ3) is 5.17. The molecular weight excluding hydrogens is 398 g/mol. The van der Waals surface area contributed by atoms with E-state index in [1.165, 1.54) is 7.11 Å². The van der Waals surface area contributed by atoms with Gasteiger partial charge in [-0.1, -0.05) is 13.3 Å². The Kier molecular flexibility index (Phi) is 6.86. The minimum absolute atomic E-state index is 0.0521. The summed E-state index contributed by atoms with van der Waals surface area (Å²) in [6.07, 6.45) is 3.27. The molecule has 0 aliphatic carbocycles. The first-order chi connectivity index (χ1) is 14.6. The summed E-state index contributed by atoms with van der Waals surface area (Å²) in [5.74, 6) is -0.563. The fourth-order valence-corrected chi connectivity index (χ4v) is 4.20. The smallest absolute Gasteiger partial charge is 0.410 e. The number of hydrogen-bond acceptors (Lipinski definition) is 6. The fraction of sp³-hybridized carbons (Fsp3) is 0.652. The van der Waals surface area contributed by atoms with Crippen LogP contribution in [-0.2, 0) is 22.3 Å². The number of pyridine rings is 1. The molecule has 31 heavy (non-hydrogen) atoms. The SMILES string of the molecule is CCCc1nc2c(cc1C(=O)OC)C(=O)N(C1CCN(C(=O)OC(C)(C)C)CC1)CC2. The fourth-order valence-electron chi connectivity index (χ4n) is 4.20. The number of carbonyl (C=O) groups is 3. The van der Waals surface area contributed by atoms with Crippen LogP contribution < -0.4 is 0 Å². The zero-order chi connectivity index (χ0) is 22.8. The first kappa shape index (κ1) is 23.0. The number of aromatic nitrogens is 1. The maximum atomic E-state index is 13.3. The summed E-state index contributed by atoms with van der Waals surface area (Å²) in [4.78, 5) is 46.1. The molecule has 3 heterocycles. The average Bonchev–Trinajstić information content (AvgIpc) is 2.72. The minimum atomic E-state index is -0.526. The highest BCUT2D eigenvalue weighted by molar-refractivity contribution is 6.00. The van der Waals surface area contributed by atoms with E-state index in [0.29, 0.717) is 62.1 Å². The number of nitrogens with zero attached hydrogens (tertiary/aromatic N) is 3. The molecule has 0 radical (unpaired) electrons. The molecule has 1 fully saturated rings.